The first kappa shape index (κ1) is 19.7. The maximum atomic E-state index is 12.9. The van der Waals surface area contributed by atoms with Gasteiger partial charge in [0.05, 0.1) is 23.8 Å². The number of nitrogens with zero attached hydrogens (tertiary/aromatic N) is 4. The zero-order chi connectivity index (χ0) is 20.3. The van der Waals surface area contributed by atoms with Gasteiger partial charge in [-0.05, 0) is 38.0 Å². The van der Waals surface area contributed by atoms with E-state index in [0.717, 1.165) is 27.7 Å². The van der Waals surface area contributed by atoms with Crippen LogP contribution in [0.3, 0.4) is 0 Å². The fourth-order valence-corrected chi connectivity index (χ4v) is 4.15. The second-order valence-electron chi connectivity index (χ2n) is 6.61. The number of Topliss-reactive ketones (excluding diaryl/α,β-unsaturated/α-hetero) is 1. The number of ketones is 1. The lowest BCUT2D eigenvalue weighted by Crippen LogP contribution is -2.05. The highest BCUT2D eigenvalue weighted by Gasteiger charge is 2.18. The average Bonchev–Trinajstić information content (AvgIpc) is 3.07. The molecule has 0 saturated carbocycles. The van der Waals surface area contributed by atoms with Crippen LogP contribution in [0.25, 0.3) is 10.9 Å². The monoisotopic (exact) mass is 388 g/mol. The second-order valence-corrected chi connectivity index (χ2v) is 7.58. The third kappa shape index (κ3) is 3.65. The summed E-state index contributed by atoms with van der Waals surface area (Å²) in [7, 11) is 0. The average molecular weight is 388 g/mol. The van der Waals surface area contributed by atoms with Crippen LogP contribution >= 0.6 is 11.8 Å². The van der Waals surface area contributed by atoms with Crippen molar-refractivity contribution in [2.24, 2.45) is 0 Å². The molecule has 0 bridgehead atoms. The Morgan fingerprint density at radius 2 is 1.93 bits per heavy atom. The lowest BCUT2D eigenvalue weighted by atomic mass is 10.1. The van der Waals surface area contributed by atoms with Gasteiger partial charge in [-0.3, -0.25) is 4.79 Å². The molecular formula is C22H20N4OS. The van der Waals surface area contributed by atoms with Gasteiger partial charge in [0.2, 0.25) is 0 Å². The highest BCUT2D eigenvalue weighted by Crippen LogP contribution is 2.28. The van der Waals surface area contributed by atoms with Gasteiger partial charge in [0.1, 0.15) is 11.1 Å². The fourth-order valence-electron chi connectivity index (χ4n) is 3.18. The van der Waals surface area contributed by atoms with Gasteiger partial charge in [0, 0.05) is 34.9 Å². The molecule has 3 rings (SSSR count). The molecule has 0 aliphatic carbocycles. The Bertz CT molecular complexity index is 1150. The van der Waals surface area contributed by atoms with Gasteiger partial charge in [-0.15, -0.1) is 0 Å². The van der Waals surface area contributed by atoms with Crippen LogP contribution in [0.15, 0.2) is 35.5 Å². The van der Waals surface area contributed by atoms with Crippen molar-refractivity contribution in [2.75, 3.05) is 5.75 Å². The molecule has 28 heavy (non-hydrogen) atoms. The molecule has 0 fully saturated rings. The van der Waals surface area contributed by atoms with Gasteiger partial charge in [-0.2, -0.15) is 10.5 Å². The summed E-state index contributed by atoms with van der Waals surface area (Å²) in [6.07, 6.45) is 2.22. The van der Waals surface area contributed by atoms with Crippen molar-refractivity contribution in [3.8, 4) is 12.1 Å². The SMILES string of the molecule is Cc1nc(SCC(=O)c2cn(CCC#N)c3ccccc23)c(C#N)c(C)c1C. The molecule has 0 unspecified atom stereocenters. The second kappa shape index (κ2) is 8.29. The number of hydrogen-bond donors (Lipinski definition) is 0. The van der Waals surface area contributed by atoms with Crippen molar-refractivity contribution < 1.29 is 4.79 Å². The minimum Gasteiger partial charge on any atom is -0.346 e. The van der Waals surface area contributed by atoms with Crippen molar-refractivity contribution in [3.63, 3.8) is 0 Å². The summed E-state index contributed by atoms with van der Waals surface area (Å²) in [5.74, 6) is 0.189. The molecule has 6 heteroatoms. The van der Waals surface area contributed by atoms with E-state index >= 15 is 0 Å². The molecule has 5 nitrogen and oxygen atoms in total. The fraction of sp³-hybridized carbons (Fsp3) is 0.273. The molecule has 2 aromatic heterocycles. The number of carbonyl (C=O) groups excluding carboxylic acids is 1. The predicted octanol–water partition coefficient (Wildman–Crippen LogP) is 4.72. The molecule has 0 aliphatic rings. The third-order valence-corrected chi connectivity index (χ3v) is 5.94. The van der Waals surface area contributed by atoms with Gasteiger partial charge in [-0.1, -0.05) is 30.0 Å². The van der Waals surface area contributed by atoms with E-state index in [-0.39, 0.29) is 11.5 Å². The number of hydrogen-bond acceptors (Lipinski definition) is 5. The van der Waals surface area contributed by atoms with Crippen molar-refractivity contribution in [2.45, 2.75) is 38.8 Å². The molecule has 2 heterocycles. The van der Waals surface area contributed by atoms with Crippen LogP contribution in [0.4, 0.5) is 0 Å². The summed E-state index contributed by atoms with van der Waals surface area (Å²) in [4.78, 5) is 17.5. The molecule has 0 amide bonds. The number of benzene rings is 1. The minimum absolute atomic E-state index is 0.0153. The van der Waals surface area contributed by atoms with E-state index in [9.17, 15) is 10.1 Å². The van der Waals surface area contributed by atoms with Crippen LogP contribution in [0.5, 0.6) is 0 Å². The first-order chi connectivity index (χ1) is 13.5. The quantitative estimate of drug-likeness (QED) is 0.451. The van der Waals surface area contributed by atoms with Crippen LogP contribution in [-0.2, 0) is 6.54 Å². The number of pyridine rings is 1. The van der Waals surface area contributed by atoms with Crippen molar-refractivity contribution >= 4 is 28.4 Å². The van der Waals surface area contributed by atoms with Crippen molar-refractivity contribution in [1.29, 1.82) is 10.5 Å². The van der Waals surface area contributed by atoms with Crippen LogP contribution in [0.1, 0.15) is 39.2 Å². The van der Waals surface area contributed by atoms with E-state index in [2.05, 4.69) is 17.1 Å². The Morgan fingerprint density at radius 3 is 2.64 bits per heavy atom. The highest BCUT2D eigenvalue weighted by atomic mass is 32.2. The van der Waals surface area contributed by atoms with E-state index < -0.39 is 0 Å². The molecule has 140 valence electrons. The number of rotatable bonds is 6. The summed E-state index contributed by atoms with van der Waals surface area (Å²) in [5, 5.41) is 19.9. The van der Waals surface area contributed by atoms with E-state index in [1.165, 1.54) is 11.8 Å². The lowest BCUT2D eigenvalue weighted by molar-refractivity contribution is 0.102. The Hall–Kier alpha value is -3.09. The smallest absolute Gasteiger partial charge is 0.175 e. The van der Waals surface area contributed by atoms with Gasteiger partial charge in [0.25, 0.3) is 0 Å². The topological polar surface area (TPSA) is 82.5 Å². The summed E-state index contributed by atoms with van der Waals surface area (Å²) in [6, 6.07) is 12.1. The molecule has 0 saturated heterocycles. The van der Waals surface area contributed by atoms with Gasteiger partial charge in [0.15, 0.2) is 5.78 Å². The number of aromatic nitrogens is 2. The first-order valence-electron chi connectivity index (χ1n) is 8.96. The minimum atomic E-state index is -0.0153. The summed E-state index contributed by atoms with van der Waals surface area (Å²) in [6.45, 7) is 6.33. The van der Waals surface area contributed by atoms with Gasteiger partial charge >= 0.3 is 0 Å². The zero-order valence-corrected chi connectivity index (χ0v) is 16.9. The zero-order valence-electron chi connectivity index (χ0n) is 16.1. The normalized spacial score (nSPS) is 10.6. The number of nitriles is 2. The number of carbonyl (C=O) groups is 1. The van der Waals surface area contributed by atoms with E-state index in [0.29, 0.717) is 29.1 Å². The van der Waals surface area contributed by atoms with Gasteiger partial charge in [-0.25, -0.2) is 4.98 Å². The predicted molar refractivity (Wildman–Crippen MR) is 110 cm³/mol. The molecule has 1 aromatic carbocycles. The van der Waals surface area contributed by atoms with E-state index in [1.54, 1.807) is 0 Å². The molecule has 3 aromatic rings. The summed E-state index contributed by atoms with van der Waals surface area (Å²) < 4.78 is 1.95. The highest BCUT2D eigenvalue weighted by molar-refractivity contribution is 8.00. The lowest BCUT2D eigenvalue weighted by Gasteiger charge is -2.10. The Morgan fingerprint density at radius 1 is 1.18 bits per heavy atom. The Labute approximate surface area is 168 Å². The van der Waals surface area contributed by atoms with Crippen molar-refractivity contribution in [1.82, 2.24) is 9.55 Å². The van der Waals surface area contributed by atoms with Crippen LogP contribution in [0, 0.1) is 43.4 Å². The molecule has 0 N–H and O–H groups in total. The summed E-state index contributed by atoms with van der Waals surface area (Å²) in [5.41, 5.74) is 4.92. The summed E-state index contributed by atoms with van der Waals surface area (Å²) >= 11 is 1.30. The Balaban J connectivity index is 1.89. The maximum Gasteiger partial charge on any atom is 0.175 e. The van der Waals surface area contributed by atoms with Gasteiger partial charge < -0.3 is 4.57 Å². The number of aryl methyl sites for hydroxylation is 2. The third-order valence-electron chi connectivity index (χ3n) is 4.97. The molecular weight excluding hydrogens is 368 g/mol. The maximum absolute atomic E-state index is 12.9. The number of fused-ring (bicyclic) bond motifs is 1. The van der Waals surface area contributed by atoms with Crippen LogP contribution in [0.2, 0.25) is 0 Å². The van der Waals surface area contributed by atoms with Crippen molar-refractivity contribution in [3.05, 3.63) is 58.4 Å². The number of para-hydroxylation sites is 1. The molecule has 0 radical (unpaired) electrons. The standard InChI is InChI=1S/C22H20N4OS/c1-14-15(2)18(11-24)22(25-16(14)3)28-13-21(27)19-12-26(10-6-9-23)20-8-5-4-7-17(19)20/h4-5,7-8,12H,6,10,13H2,1-3H3. The Kier molecular flexibility index (Phi) is 5.82. The number of thioether (sulfide) groups is 1. The molecule has 0 aliphatic heterocycles. The molecule has 0 spiro atoms. The first-order valence-corrected chi connectivity index (χ1v) is 9.95. The van der Waals surface area contributed by atoms with E-state index in [1.807, 2.05) is 55.8 Å². The van der Waals surface area contributed by atoms with E-state index in [4.69, 9.17) is 5.26 Å². The largest absolute Gasteiger partial charge is 0.346 e. The molecule has 0 atom stereocenters. The van der Waals surface area contributed by atoms with Crippen LogP contribution in [-0.4, -0.2) is 21.1 Å². The van der Waals surface area contributed by atoms with Crippen LogP contribution < -0.4 is 0 Å².